The molecule has 0 spiro atoms. The van der Waals surface area contributed by atoms with E-state index in [9.17, 15) is 4.79 Å². The molecular formula is C17H21N5O. The van der Waals surface area contributed by atoms with Gasteiger partial charge in [-0.15, -0.1) is 0 Å². The van der Waals surface area contributed by atoms with Crippen LogP contribution in [0.1, 0.15) is 16.8 Å². The lowest BCUT2D eigenvalue weighted by molar-refractivity contribution is 0.0773. The zero-order valence-electron chi connectivity index (χ0n) is 13.1. The fraction of sp³-hybridized carbons (Fsp3) is 0.471. The monoisotopic (exact) mass is 311 g/mol. The minimum atomic E-state index is 0.107. The zero-order chi connectivity index (χ0) is 15.6. The molecule has 120 valence electrons. The molecule has 0 bridgehead atoms. The van der Waals surface area contributed by atoms with E-state index in [-0.39, 0.29) is 5.91 Å². The van der Waals surface area contributed by atoms with Gasteiger partial charge in [0.05, 0.1) is 11.0 Å². The third-order valence-electron chi connectivity index (χ3n) is 4.83. The number of rotatable bonds is 2. The van der Waals surface area contributed by atoms with Gasteiger partial charge in [-0.3, -0.25) is 19.7 Å². The van der Waals surface area contributed by atoms with Gasteiger partial charge >= 0.3 is 0 Å². The molecule has 2 aliphatic rings. The van der Waals surface area contributed by atoms with Crippen LogP contribution >= 0.6 is 0 Å². The second-order valence-electron chi connectivity index (χ2n) is 6.24. The smallest absolute Gasteiger partial charge is 0.253 e. The van der Waals surface area contributed by atoms with Crippen molar-refractivity contribution in [2.75, 3.05) is 39.3 Å². The molecule has 0 radical (unpaired) electrons. The first-order chi connectivity index (χ1) is 11.3. The molecular weight excluding hydrogens is 290 g/mol. The lowest BCUT2D eigenvalue weighted by atomic mass is 10.1. The van der Waals surface area contributed by atoms with Crippen LogP contribution in [-0.2, 0) is 0 Å². The van der Waals surface area contributed by atoms with Crippen LogP contribution in [0.5, 0.6) is 0 Å². The highest BCUT2D eigenvalue weighted by atomic mass is 16.2. The van der Waals surface area contributed by atoms with E-state index < -0.39 is 0 Å². The molecule has 3 heterocycles. The maximum absolute atomic E-state index is 12.8. The minimum Gasteiger partial charge on any atom is -0.337 e. The molecule has 1 N–H and O–H groups in total. The van der Waals surface area contributed by atoms with Crippen LogP contribution in [0.15, 0.2) is 30.6 Å². The number of carbonyl (C=O) groups is 1. The molecule has 0 aliphatic carbocycles. The SMILES string of the molecule is O=C(c1ccc2nccnc2c1)N1CCC(N2CCNCC2)C1. The Morgan fingerprint density at radius 2 is 1.87 bits per heavy atom. The van der Waals surface area contributed by atoms with E-state index in [1.807, 2.05) is 23.1 Å². The van der Waals surface area contributed by atoms with Crippen LogP contribution in [0.3, 0.4) is 0 Å². The molecule has 2 saturated heterocycles. The van der Waals surface area contributed by atoms with Crippen LogP contribution in [0.4, 0.5) is 0 Å². The molecule has 1 atom stereocenters. The van der Waals surface area contributed by atoms with Gasteiger partial charge in [0.15, 0.2) is 0 Å². The number of fused-ring (bicyclic) bond motifs is 1. The maximum Gasteiger partial charge on any atom is 0.253 e. The van der Waals surface area contributed by atoms with Gasteiger partial charge in [0.25, 0.3) is 5.91 Å². The van der Waals surface area contributed by atoms with Crippen LogP contribution < -0.4 is 5.32 Å². The maximum atomic E-state index is 12.8. The van der Waals surface area contributed by atoms with Crippen LogP contribution in [-0.4, -0.2) is 71.0 Å². The molecule has 1 amide bonds. The summed E-state index contributed by atoms with van der Waals surface area (Å²) in [6.07, 6.45) is 4.40. The number of nitrogens with one attached hydrogen (secondary N) is 1. The van der Waals surface area contributed by atoms with Crippen LogP contribution in [0.25, 0.3) is 11.0 Å². The topological polar surface area (TPSA) is 61.4 Å². The summed E-state index contributed by atoms with van der Waals surface area (Å²) in [5.74, 6) is 0.107. The Hall–Kier alpha value is -2.05. The Labute approximate surface area is 135 Å². The first-order valence-electron chi connectivity index (χ1n) is 8.26. The number of benzene rings is 1. The predicted molar refractivity (Wildman–Crippen MR) is 88.3 cm³/mol. The number of aromatic nitrogens is 2. The summed E-state index contributed by atoms with van der Waals surface area (Å²) in [6, 6.07) is 6.08. The van der Waals surface area contributed by atoms with Crippen molar-refractivity contribution in [3.8, 4) is 0 Å². The van der Waals surface area contributed by atoms with Gasteiger partial charge in [-0.05, 0) is 24.6 Å². The van der Waals surface area contributed by atoms with Crippen molar-refractivity contribution in [3.05, 3.63) is 36.2 Å². The summed E-state index contributed by atoms with van der Waals surface area (Å²) in [5.41, 5.74) is 2.30. The minimum absolute atomic E-state index is 0.107. The van der Waals surface area contributed by atoms with Gasteiger partial charge in [-0.1, -0.05) is 0 Å². The molecule has 2 fully saturated rings. The molecule has 1 aromatic carbocycles. The molecule has 1 aromatic heterocycles. The normalized spacial score (nSPS) is 22.6. The van der Waals surface area contributed by atoms with E-state index in [4.69, 9.17) is 0 Å². The molecule has 0 saturated carbocycles. The van der Waals surface area contributed by atoms with Gasteiger partial charge in [0, 0.05) is 63.3 Å². The van der Waals surface area contributed by atoms with Crippen molar-refractivity contribution in [1.29, 1.82) is 0 Å². The molecule has 6 nitrogen and oxygen atoms in total. The first-order valence-corrected chi connectivity index (χ1v) is 8.26. The fourth-order valence-electron chi connectivity index (χ4n) is 3.55. The van der Waals surface area contributed by atoms with E-state index in [1.165, 1.54) is 0 Å². The van der Waals surface area contributed by atoms with E-state index in [1.54, 1.807) is 12.4 Å². The number of piperazine rings is 1. The Balaban J connectivity index is 1.48. The van der Waals surface area contributed by atoms with E-state index in [2.05, 4.69) is 20.2 Å². The van der Waals surface area contributed by atoms with Gasteiger partial charge < -0.3 is 10.2 Å². The molecule has 1 unspecified atom stereocenters. The average Bonchev–Trinajstić information content (AvgIpc) is 3.11. The van der Waals surface area contributed by atoms with Crippen molar-refractivity contribution in [2.24, 2.45) is 0 Å². The number of amides is 1. The highest BCUT2D eigenvalue weighted by molar-refractivity contribution is 5.97. The summed E-state index contributed by atoms with van der Waals surface area (Å²) >= 11 is 0. The largest absolute Gasteiger partial charge is 0.337 e. The van der Waals surface area contributed by atoms with Crippen molar-refractivity contribution >= 4 is 16.9 Å². The molecule has 2 aromatic rings. The van der Waals surface area contributed by atoms with Gasteiger partial charge in [0.2, 0.25) is 0 Å². The van der Waals surface area contributed by atoms with Crippen molar-refractivity contribution < 1.29 is 4.79 Å². The Morgan fingerprint density at radius 1 is 1.09 bits per heavy atom. The summed E-state index contributed by atoms with van der Waals surface area (Å²) in [7, 11) is 0. The second kappa shape index (κ2) is 6.22. The average molecular weight is 311 g/mol. The third kappa shape index (κ3) is 2.92. The predicted octanol–water partition coefficient (Wildman–Crippen LogP) is 0.749. The summed E-state index contributed by atoms with van der Waals surface area (Å²) in [6.45, 7) is 5.93. The lowest BCUT2D eigenvalue weighted by Crippen LogP contribution is -2.49. The lowest BCUT2D eigenvalue weighted by Gasteiger charge is -2.32. The van der Waals surface area contributed by atoms with Crippen molar-refractivity contribution in [1.82, 2.24) is 25.1 Å². The highest BCUT2D eigenvalue weighted by Crippen LogP contribution is 2.20. The highest BCUT2D eigenvalue weighted by Gasteiger charge is 2.31. The number of carbonyl (C=O) groups excluding carboxylic acids is 1. The number of nitrogens with zero attached hydrogens (tertiary/aromatic N) is 4. The molecule has 6 heteroatoms. The molecule has 2 aliphatic heterocycles. The second-order valence-corrected chi connectivity index (χ2v) is 6.24. The molecule has 4 rings (SSSR count). The zero-order valence-corrected chi connectivity index (χ0v) is 13.1. The summed E-state index contributed by atoms with van der Waals surface area (Å²) in [5, 5.41) is 3.38. The summed E-state index contributed by atoms with van der Waals surface area (Å²) < 4.78 is 0. The number of hydrogen-bond acceptors (Lipinski definition) is 5. The first kappa shape index (κ1) is 14.5. The number of hydrogen-bond donors (Lipinski definition) is 1. The summed E-state index contributed by atoms with van der Waals surface area (Å²) in [4.78, 5) is 25.8. The standard InChI is InChI=1S/C17H21N5O/c23-17(13-1-2-15-16(11-13)20-5-4-19-15)22-8-3-14(12-22)21-9-6-18-7-10-21/h1-2,4-5,11,14,18H,3,6-10,12H2. The van der Waals surface area contributed by atoms with Gasteiger partial charge in [-0.25, -0.2) is 0 Å². The van der Waals surface area contributed by atoms with Crippen LogP contribution in [0, 0.1) is 0 Å². The van der Waals surface area contributed by atoms with E-state index in [0.29, 0.717) is 11.6 Å². The van der Waals surface area contributed by atoms with Gasteiger partial charge in [-0.2, -0.15) is 0 Å². The van der Waals surface area contributed by atoms with Crippen molar-refractivity contribution in [2.45, 2.75) is 12.5 Å². The quantitative estimate of drug-likeness (QED) is 0.887. The van der Waals surface area contributed by atoms with E-state index >= 15 is 0 Å². The Morgan fingerprint density at radius 3 is 2.70 bits per heavy atom. The molecule has 23 heavy (non-hydrogen) atoms. The van der Waals surface area contributed by atoms with Gasteiger partial charge in [0.1, 0.15) is 0 Å². The Kier molecular flexibility index (Phi) is 3.93. The Bertz CT molecular complexity index is 713. The van der Waals surface area contributed by atoms with Crippen molar-refractivity contribution in [3.63, 3.8) is 0 Å². The number of likely N-dealkylation sites (tertiary alicyclic amines) is 1. The van der Waals surface area contributed by atoms with E-state index in [0.717, 1.165) is 56.7 Å². The van der Waals surface area contributed by atoms with Crippen LogP contribution in [0.2, 0.25) is 0 Å². The third-order valence-corrected chi connectivity index (χ3v) is 4.83. The fourth-order valence-corrected chi connectivity index (χ4v) is 3.55.